The number of hydrogen-bond acceptors (Lipinski definition) is 4. The van der Waals surface area contributed by atoms with Gasteiger partial charge in [-0.15, -0.1) is 12.4 Å². The number of nitrogens with zero attached hydrogens (tertiary/aromatic N) is 1. The molecule has 6 heteroatoms. The minimum absolute atomic E-state index is 0. The van der Waals surface area contributed by atoms with E-state index in [1.807, 2.05) is 61.5 Å². The molecule has 0 saturated carbocycles. The van der Waals surface area contributed by atoms with Crippen molar-refractivity contribution in [1.82, 2.24) is 10.2 Å². The number of aryl methyl sites for hydroxylation is 1. The van der Waals surface area contributed by atoms with E-state index in [4.69, 9.17) is 4.42 Å². The highest BCUT2D eigenvalue weighted by molar-refractivity contribution is 6.07. The minimum Gasteiger partial charge on any atom is -0.456 e. The minimum atomic E-state index is -0.120. The van der Waals surface area contributed by atoms with E-state index in [2.05, 4.69) is 33.7 Å². The average molecular weight is 462 g/mol. The zero-order chi connectivity index (χ0) is 21.9. The molecule has 5 rings (SSSR count). The second-order valence-corrected chi connectivity index (χ2v) is 8.32. The van der Waals surface area contributed by atoms with Crippen molar-refractivity contribution >= 4 is 35.0 Å². The topological polar surface area (TPSA) is 57.5 Å². The number of nitrogens with one attached hydrogen (secondary N) is 2. The van der Waals surface area contributed by atoms with Crippen LogP contribution in [0.15, 0.2) is 77.2 Å². The standard InChI is InChI=1S/C27H27N3O2.ClH/c1-19-6-2-3-7-22(19)27(31)29-24-9-5-4-8-23(24)26-17-21-11-10-20(16-25(21)32-26)18-30-14-12-28-13-15-30;/h2-11,16-17,28H,12-15,18H2,1H3,(H,29,31);1H. The summed E-state index contributed by atoms with van der Waals surface area (Å²) in [4.78, 5) is 15.3. The number of fused-ring (bicyclic) bond motifs is 1. The summed E-state index contributed by atoms with van der Waals surface area (Å²) in [5, 5.41) is 7.52. The lowest BCUT2D eigenvalue weighted by Crippen LogP contribution is -2.42. The Morgan fingerprint density at radius 1 is 1.00 bits per heavy atom. The monoisotopic (exact) mass is 461 g/mol. The third kappa shape index (κ3) is 5.11. The fraction of sp³-hybridized carbons (Fsp3) is 0.222. The third-order valence-electron chi connectivity index (χ3n) is 6.03. The summed E-state index contributed by atoms with van der Waals surface area (Å²) in [7, 11) is 0. The number of carbonyl (C=O) groups is 1. The van der Waals surface area contributed by atoms with Crippen LogP contribution in [0.1, 0.15) is 21.5 Å². The highest BCUT2D eigenvalue weighted by Gasteiger charge is 2.15. The molecule has 0 aliphatic carbocycles. The van der Waals surface area contributed by atoms with E-state index < -0.39 is 0 Å². The van der Waals surface area contributed by atoms with Gasteiger partial charge in [-0.2, -0.15) is 0 Å². The molecule has 1 saturated heterocycles. The van der Waals surface area contributed by atoms with Gasteiger partial charge in [-0.1, -0.05) is 42.5 Å². The van der Waals surface area contributed by atoms with Crippen molar-refractivity contribution in [3.05, 3.63) is 89.5 Å². The van der Waals surface area contributed by atoms with Gasteiger partial charge in [0.2, 0.25) is 0 Å². The molecule has 0 unspecified atom stereocenters. The first-order valence-electron chi connectivity index (χ1n) is 11.1. The highest BCUT2D eigenvalue weighted by Crippen LogP contribution is 2.33. The Balaban J connectivity index is 0.00000259. The van der Waals surface area contributed by atoms with Gasteiger partial charge in [-0.3, -0.25) is 9.69 Å². The van der Waals surface area contributed by atoms with Gasteiger partial charge in [0.25, 0.3) is 5.91 Å². The van der Waals surface area contributed by atoms with Gasteiger partial charge in [0.1, 0.15) is 11.3 Å². The molecule has 3 aromatic carbocycles. The molecule has 2 N–H and O–H groups in total. The fourth-order valence-electron chi connectivity index (χ4n) is 4.26. The smallest absolute Gasteiger partial charge is 0.255 e. The van der Waals surface area contributed by atoms with E-state index in [0.29, 0.717) is 5.56 Å². The maximum absolute atomic E-state index is 12.9. The number of carbonyl (C=O) groups excluding carboxylic acids is 1. The molecule has 1 fully saturated rings. The zero-order valence-corrected chi connectivity index (χ0v) is 19.5. The van der Waals surface area contributed by atoms with Crippen molar-refractivity contribution in [2.24, 2.45) is 0 Å². The normalized spacial score (nSPS) is 14.1. The van der Waals surface area contributed by atoms with Gasteiger partial charge in [0.15, 0.2) is 0 Å². The summed E-state index contributed by atoms with van der Waals surface area (Å²) in [6.07, 6.45) is 0. The van der Waals surface area contributed by atoms with Gasteiger partial charge < -0.3 is 15.1 Å². The number of para-hydroxylation sites is 1. The maximum Gasteiger partial charge on any atom is 0.255 e. The molecular weight excluding hydrogens is 434 g/mol. The molecule has 33 heavy (non-hydrogen) atoms. The van der Waals surface area contributed by atoms with Gasteiger partial charge in [-0.05, 0) is 48.4 Å². The number of hydrogen-bond donors (Lipinski definition) is 2. The largest absolute Gasteiger partial charge is 0.456 e. The Kier molecular flexibility index (Phi) is 7.14. The highest BCUT2D eigenvalue weighted by atomic mass is 35.5. The van der Waals surface area contributed by atoms with Crippen molar-refractivity contribution in [3.63, 3.8) is 0 Å². The Labute approximate surface area is 200 Å². The van der Waals surface area contributed by atoms with Gasteiger partial charge in [-0.25, -0.2) is 0 Å². The molecule has 1 aliphatic rings. The van der Waals surface area contributed by atoms with E-state index in [9.17, 15) is 4.79 Å². The Morgan fingerprint density at radius 3 is 2.58 bits per heavy atom. The number of piperazine rings is 1. The van der Waals surface area contributed by atoms with E-state index in [0.717, 1.165) is 66.3 Å². The molecule has 0 spiro atoms. The Hall–Kier alpha value is -3.12. The Bertz CT molecular complexity index is 1260. The molecular formula is C27H28ClN3O2. The molecule has 2 heterocycles. The fourth-order valence-corrected chi connectivity index (χ4v) is 4.26. The molecule has 0 radical (unpaired) electrons. The molecule has 1 aliphatic heterocycles. The summed E-state index contributed by atoms with van der Waals surface area (Å²) >= 11 is 0. The van der Waals surface area contributed by atoms with Crippen LogP contribution < -0.4 is 10.6 Å². The van der Waals surface area contributed by atoms with Gasteiger partial charge in [0.05, 0.1) is 5.69 Å². The van der Waals surface area contributed by atoms with Crippen molar-refractivity contribution in [2.45, 2.75) is 13.5 Å². The molecule has 1 amide bonds. The summed E-state index contributed by atoms with van der Waals surface area (Å²) in [6, 6.07) is 23.8. The summed E-state index contributed by atoms with van der Waals surface area (Å²) < 4.78 is 6.25. The lowest BCUT2D eigenvalue weighted by Gasteiger charge is -2.27. The van der Waals surface area contributed by atoms with Crippen molar-refractivity contribution in [1.29, 1.82) is 0 Å². The van der Waals surface area contributed by atoms with E-state index in [-0.39, 0.29) is 18.3 Å². The zero-order valence-electron chi connectivity index (χ0n) is 18.6. The number of anilines is 1. The SMILES string of the molecule is Cc1ccccc1C(=O)Nc1ccccc1-c1cc2ccc(CN3CCNCC3)cc2o1.Cl. The second kappa shape index (κ2) is 10.2. The molecule has 4 aromatic rings. The van der Waals surface area contributed by atoms with Crippen LogP contribution in [0.3, 0.4) is 0 Å². The quantitative estimate of drug-likeness (QED) is 0.412. The number of rotatable bonds is 5. The molecule has 5 nitrogen and oxygen atoms in total. The predicted octanol–water partition coefficient (Wildman–Crippen LogP) is 5.49. The van der Waals surface area contributed by atoms with Crippen LogP contribution >= 0.6 is 12.4 Å². The molecule has 0 bridgehead atoms. The average Bonchev–Trinajstić information content (AvgIpc) is 3.23. The van der Waals surface area contributed by atoms with Crippen molar-refractivity contribution in [2.75, 3.05) is 31.5 Å². The van der Waals surface area contributed by atoms with Crippen LogP contribution in [0, 0.1) is 6.92 Å². The molecule has 1 aromatic heterocycles. The summed E-state index contributed by atoms with van der Waals surface area (Å²) in [5.41, 5.74) is 5.34. The lowest BCUT2D eigenvalue weighted by atomic mass is 10.1. The summed E-state index contributed by atoms with van der Waals surface area (Å²) in [6.45, 7) is 7.08. The second-order valence-electron chi connectivity index (χ2n) is 8.32. The van der Waals surface area contributed by atoms with Crippen LogP contribution in [0.2, 0.25) is 0 Å². The lowest BCUT2D eigenvalue weighted by molar-refractivity contribution is 0.102. The van der Waals surface area contributed by atoms with Crippen LogP contribution in [-0.4, -0.2) is 37.0 Å². The number of amides is 1. The number of halogens is 1. The maximum atomic E-state index is 12.9. The van der Waals surface area contributed by atoms with Crippen LogP contribution in [0.4, 0.5) is 5.69 Å². The number of benzene rings is 3. The third-order valence-corrected chi connectivity index (χ3v) is 6.03. The van der Waals surface area contributed by atoms with Crippen LogP contribution in [0.5, 0.6) is 0 Å². The first-order chi connectivity index (χ1) is 15.7. The molecule has 0 atom stereocenters. The predicted molar refractivity (Wildman–Crippen MR) is 136 cm³/mol. The van der Waals surface area contributed by atoms with E-state index in [1.165, 1.54) is 5.56 Å². The Morgan fingerprint density at radius 2 is 1.76 bits per heavy atom. The van der Waals surface area contributed by atoms with Crippen molar-refractivity contribution < 1.29 is 9.21 Å². The molecule has 170 valence electrons. The van der Waals surface area contributed by atoms with Crippen LogP contribution in [0.25, 0.3) is 22.3 Å². The first-order valence-corrected chi connectivity index (χ1v) is 11.1. The number of furan rings is 1. The van der Waals surface area contributed by atoms with Gasteiger partial charge >= 0.3 is 0 Å². The van der Waals surface area contributed by atoms with E-state index in [1.54, 1.807) is 0 Å². The first kappa shape index (κ1) is 23.1. The van der Waals surface area contributed by atoms with E-state index >= 15 is 0 Å². The van der Waals surface area contributed by atoms with Crippen LogP contribution in [-0.2, 0) is 6.54 Å². The van der Waals surface area contributed by atoms with Gasteiger partial charge in [0, 0.05) is 49.2 Å². The summed E-state index contributed by atoms with van der Waals surface area (Å²) in [5.74, 6) is 0.630. The van der Waals surface area contributed by atoms with Crippen molar-refractivity contribution in [3.8, 4) is 11.3 Å².